The van der Waals surface area contributed by atoms with Crippen molar-refractivity contribution in [2.45, 2.75) is 31.3 Å². The van der Waals surface area contributed by atoms with Crippen LogP contribution in [0.1, 0.15) is 35.7 Å². The van der Waals surface area contributed by atoms with Gasteiger partial charge in [-0.15, -0.1) is 0 Å². The van der Waals surface area contributed by atoms with Crippen LogP contribution in [-0.4, -0.2) is 30.7 Å². The molecule has 25 heavy (non-hydrogen) atoms. The lowest BCUT2D eigenvalue weighted by Crippen LogP contribution is -2.43. The van der Waals surface area contributed by atoms with Crippen LogP contribution in [0.2, 0.25) is 0 Å². The summed E-state index contributed by atoms with van der Waals surface area (Å²) in [6, 6.07) is 9.95. The molecule has 5 rings (SSSR count). The lowest BCUT2D eigenvalue weighted by atomic mass is 9.59. The first-order valence-corrected chi connectivity index (χ1v) is 8.76. The Kier molecular flexibility index (Phi) is 2.91. The fourth-order valence-electron chi connectivity index (χ4n) is 4.95. The van der Waals surface area contributed by atoms with Gasteiger partial charge >= 0.3 is 0 Å². The van der Waals surface area contributed by atoms with Crippen LogP contribution in [0.15, 0.2) is 41.7 Å². The molecule has 1 N–H and O–H groups in total. The third kappa shape index (κ3) is 1.78. The number of aliphatic hydroxyl groups is 1. The summed E-state index contributed by atoms with van der Waals surface area (Å²) >= 11 is 0. The standard InChI is InChI=1S/C21H20O4/c1-21-7-6-16(22)14-10-25-20(18(14)21)19(23)13-8-11-4-3-5-17(24-2)12(11)9-15(13)21/h3-5,8-9,14,16,22H,6-7,10H2,1-2H3/t14-,16-,21-/m0/s1. The Hall–Kier alpha value is -2.33. The highest BCUT2D eigenvalue weighted by molar-refractivity contribution is 6.13. The molecule has 2 aliphatic carbocycles. The maximum atomic E-state index is 13.1. The first kappa shape index (κ1) is 15.0. The molecule has 0 aromatic heterocycles. The van der Waals surface area contributed by atoms with Crippen LogP contribution >= 0.6 is 0 Å². The van der Waals surface area contributed by atoms with E-state index in [1.54, 1.807) is 7.11 Å². The van der Waals surface area contributed by atoms with Gasteiger partial charge in [0.05, 0.1) is 19.8 Å². The number of methoxy groups -OCH3 is 1. The molecule has 0 amide bonds. The smallest absolute Gasteiger partial charge is 0.227 e. The summed E-state index contributed by atoms with van der Waals surface area (Å²) in [4.78, 5) is 13.1. The highest BCUT2D eigenvalue weighted by Gasteiger charge is 2.53. The van der Waals surface area contributed by atoms with E-state index in [1.807, 2.05) is 24.3 Å². The van der Waals surface area contributed by atoms with Crippen LogP contribution in [0.3, 0.4) is 0 Å². The van der Waals surface area contributed by atoms with E-state index in [9.17, 15) is 9.90 Å². The van der Waals surface area contributed by atoms with Crippen molar-refractivity contribution < 1.29 is 19.4 Å². The second kappa shape index (κ2) is 4.85. The molecule has 4 heteroatoms. The number of fused-ring (bicyclic) bond motifs is 3. The minimum atomic E-state index is -0.426. The van der Waals surface area contributed by atoms with Crippen molar-refractivity contribution in [2.75, 3.05) is 13.7 Å². The third-order valence-electron chi connectivity index (χ3n) is 6.27. The Morgan fingerprint density at radius 3 is 2.96 bits per heavy atom. The first-order chi connectivity index (χ1) is 12.0. The normalized spacial score (nSPS) is 30.1. The molecule has 2 aromatic rings. The number of hydrogen-bond acceptors (Lipinski definition) is 4. The lowest BCUT2D eigenvalue weighted by molar-refractivity contribution is 0.0631. The molecule has 0 bridgehead atoms. The SMILES string of the molecule is COc1cccc2cc3c(cc12)[C@]1(C)CC[C@H](O)[C@@H]2COC(=C21)C3=O. The number of carbonyl (C=O) groups excluding carboxylic acids is 1. The number of ether oxygens (including phenoxy) is 2. The highest BCUT2D eigenvalue weighted by atomic mass is 16.5. The van der Waals surface area contributed by atoms with Gasteiger partial charge in [-0.05, 0) is 47.6 Å². The number of allylic oxidation sites excluding steroid dienone is 1. The fourth-order valence-corrected chi connectivity index (χ4v) is 4.95. The Morgan fingerprint density at radius 2 is 2.16 bits per heavy atom. The van der Waals surface area contributed by atoms with Crippen molar-refractivity contribution in [1.82, 2.24) is 0 Å². The predicted octanol–water partition coefficient (Wildman–Crippen LogP) is 3.36. The molecule has 0 spiro atoms. The van der Waals surface area contributed by atoms with Crippen LogP contribution in [0, 0.1) is 5.92 Å². The average Bonchev–Trinajstić information content (AvgIpc) is 3.09. The van der Waals surface area contributed by atoms with Gasteiger partial charge in [-0.25, -0.2) is 0 Å². The number of benzene rings is 2. The van der Waals surface area contributed by atoms with Crippen LogP contribution in [0.25, 0.3) is 10.8 Å². The quantitative estimate of drug-likeness (QED) is 0.868. The van der Waals surface area contributed by atoms with E-state index >= 15 is 0 Å². The van der Waals surface area contributed by atoms with E-state index < -0.39 is 6.10 Å². The predicted molar refractivity (Wildman–Crippen MR) is 93.9 cm³/mol. The monoisotopic (exact) mass is 336 g/mol. The highest BCUT2D eigenvalue weighted by Crippen LogP contribution is 2.55. The van der Waals surface area contributed by atoms with Crippen molar-refractivity contribution in [3.63, 3.8) is 0 Å². The van der Waals surface area contributed by atoms with Crippen LogP contribution in [0.4, 0.5) is 0 Å². The molecule has 128 valence electrons. The molecule has 1 saturated carbocycles. The second-order valence-corrected chi connectivity index (χ2v) is 7.51. The Morgan fingerprint density at radius 1 is 1.32 bits per heavy atom. The Balaban J connectivity index is 1.82. The second-order valence-electron chi connectivity index (χ2n) is 7.51. The summed E-state index contributed by atoms with van der Waals surface area (Å²) < 4.78 is 11.3. The van der Waals surface area contributed by atoms with Gasteiger partial charge in [-0.1, -0.05) is 19.1 Å². The van der Waals surface area contributed by atoms with Gasteiger partial charge in [0.15, 0.2) is 5.76 Å². The van der Waals surface area contributed by atoms with Crippen molar-refractivity contribution in [1.29, 1.82) is 0 Å². The number of aliphatic hydroxyl groups excluding tert-OH is 1. The molecule has 2 aromatic carbocycles. The number of hydrogen-bond donors (Lipinski definition) is 1. The summed E-state index contributed by atoms with van der Waals surface area (Å²) in [5.74, 6) is 1.16. The lowest BCUT2D eigenvalue weighted by Gasteiger charge is -2.43. The molecule has 1 aliphatic heterocycles. The van der Waals surface area contributed by atoms with E-state index in [2.05, 4.69) is 13.0 Å². The molecule has 0 unspecified atom stereocenters. The number of ketones is 1. The van der Waals surface area contributed by atoms with Crippen LogP contribution in [-0.2, 0) is 10.2 Å². The van der Waals surface area contributed by atoms with Crippen molar-refractivity contribution in [3.8, 4) is 5.75 Å². The minimum absolute atomic E-state index is 0.0520. The molecule has 1 fully saturated rings. The summed E-state index contributed by atoms with van der Waals surface area (Å²) in [6.07, 6.45) is 1.11. The van der Waals surface area contributed by atoms with Gasteiger partial charge < -0.3 is 14.6 Å². The summed E-state index contributed by atoms with van der Waals surface area (Å²) in [5, 5.41) is 12.4. The molecular weight excluding hydrogens is 316 g/mol. The van der Waals surface area contributed by atoms with E-state index in [1.165, 1.54) is 0 Å². The van der Waals surface area contributed by atoms with Crippen LogP contribution < -0.4 is 4.74 Å². The number of Topliss-reactive ketones (excluding diaryl/α,β-unsaturated/α-hetero) is 1. The Bertz CT molecular complexity index is 958. The van der Waals surface area contributed by atoms with Gasteiger partial charge in [-0.2, -0.15) is 0 Å². The molecule has 3 atom stereocenters. The van der Waals surface area contributed by atoms with Crippen molar-refractivity contribution in [2.24, 2.45) is 5.92 Å². The Labute approximate surface area is 146 Å². The number of rotatable bonds is 1. The molecule has 3 aliphatic rings. The molecule has 1 heterocycles. The zero-order valence-electron chi connectivity index (χ0n) is 14.3. The molecule has 0 radical (unpaired) electrons. The molecule has 4 nitrogen and oxygen atoms in total. The molecule has 0 saturated heterocycles. The fraction of sp³-hybridized carbons (Fsp3) is 0.381. The summed E-state index contributed by atoms with van der Waals surface area (Å²) in [5.41, 5.74) is 2.49. The largest absolute Gasteiger partial charge is 0.496 e. The number of carbonyl (C=O) groups is 1. The molecular formula is C21H20O4. The van der Waals surface area contributed by atoms with E-state index in [0.717, 1.165) is 46.1 Å². The van der Waals surface area contributed by atoms with Gasteiger partial charge in [-0.3, -0.25) is 4.79 Å². The van der Waals surface area contributed by atoms with Gasteiger partial charge in [0.1, 0.15) is 5.75 Å². The average molecular weight is 336 g/mol. The van der Waals surface area contributed by atoms with Crippen LogP contribution in [0.5, 0.6) is 5.75 Å². The zero-order chi connectivity index (χ0) is 17.3. The summed E-state index contributed by atoms with van der Waals surface area (Å²) in [7, 11) is 1.67. The van der Waals surface area contributed by atoms with Gasteiger partial charge in [0, 0.05) is 22.3 Å². The summed E-state index contributed by atoms with van der Waals surface area (Å²) in [6.45, 7) is 2.59. The third-order valence-corrected chi connectivity index (χ3v) is 6.27. The van der Waals surface area contributed by atoms with Gasteiger partial charge in [0.25, 0.3) is 0 Å². The van der Waals surface area contributed by atoms with E-state index in [0.29, 0.717) is 12.4 Å². The van der Waals surface area contributed by atoms with Crippen molar-refractivity contribution >= 4 is 16.6 Å². The van der Waals surface area contributed by atoms with E-state index in [4.69, 9.17) is 9.47 Å². The van der Waals surface area contributed by atoms with Gasteiger partial charge in [0.2, 0.25) is 5.78 Å². The van der Waals surface area contributed by atoms with Crippen molar-refractivity contribution in [3.05, 3.63) is 52.8 Å². The first-order valence-electron chi connectivity index (χ1n) is 8.76. The zero-order valence-corrected chi connectivity index (χ0v) is 14.3. The van der Waals surface area contributed by atoms with E-state index in [-0.39, 0.29) is 17.1 Å². The maximum Gasteiger partial charge on any atom is 0.227 e. The topological polar surface area (TPSA) is 55.8 Å². The maximum absolute atomic E-state index is 13.1. The minimum Gasteiger partial charge on any atom is -0.496 e.